The zero-order valence-electron chi connectivity index (χ0n) is 9.26. The van der Waals surface area contributed by atoms with Gasteiger partial charge in [0, 0.05) is 21.7 Å². The maximum absolute atomic E-state index is 2.99. The molecule has 0 aromatic heterocycles. The molecule has 0 spiro atoms. The van der Waals surface area contributed by atoms with Gasteiger partial charge in [-0.15, -0.1) is 31.2 Å². The first kappa shape index (κ1) is 67.4. The predicted octanol–water partition coefficient (Wildman–Crippen LogP) is 4.40. The third-order valence-electron chi connectivity index (χ3n) is 0.586. The van der Waals surface area contributed by atoms with E-state index in [0.29, 0.717) is 0 Å². The largest absolute Gasteiger partial charge is 0.358 e. The van der Waals surface area contributed by atoms with Crippen molar-refractivity contribution in [2.45, 2.75) is 6.42 Å². The summed E-state index contributed by atoms with van der Waals surface area (Å²) in [6.45, 7) is 0. The van der Waals surface area contributed by atoms with Gasteiger partial charge in [-0.3, -0.25) is 6.08 Å². The summed E-state index contributed by atoms with van der Waals surface area (Å²) in [5.74, 6) is 0. The molecule has 0 fully saturated rings. The SMILES string of the molecule is Cl.Cl.[C-]1=CC=CC1.[CH3-].[CH3-].[CH3-].[CH3-].[CH3-].[Ti]. The minimum atomic E-state index is 0. The minimum absolute atomic E-state index is 0. The van der Waals surface area contributed by atoms with Gasteiger partial charge in [-0.25, -0.2) is 12.2 Å². The van der Waals surface area contributed by atoms with Gasteiger partial charge in [0.2, 0.25) is 0 Å². The maximum atomic E-state index is 2.99. The topological polar surface area (TPSA) is 0 Å². The van der Waals surface area contributed by atoms with Crippen LogP contribution in [0, 0.1) is 43.2 Å². The monoisotopic (exact) mass is 260 g/mol. The Morgan fingerprint density at radius 1 is 0.846 bits per heavy atom. The van der Waals surface area contributed by atoms with Crippen LogP contribution >= 0.6 is 24.8 Å². The van der Waals surface area contributed by atoms with Crippen molar-refractivity contribution in [3.05, 3.63) is 61.4 Å². The van der Waals surface area contributed by atoms with Gasteiger partial charge in [0.25, 0.3) is 0 Å². The fraction of sp³-hybridized carbons (Fsp3) is 0.100. The quantitative estimate of drug-likeness (QED) is 0.448. The number of allylic oxidation sites excluding steroid dienone is 4. The van der Waals surface area contributed by atoms with E-state index in [2.05, 4.69) is 12.2 Å². The Hall–Kier alpha value is 0.774. The van der Waals surface area contributed by atoms with Crippen LogP contribution in [-0.2, 0) is 21.7 Å². The number of halogens is 2. The molecule has 0 radical (unpaired) electrons. The summed E-state index contributed by atoms with van der Waals surface area (Å²) in [4.78, 5) is 0. The van der Waals surface area contributed by atoms with Crippen molar-refractivity contribution in [1.82, 2.24) is 0 Å². The molecular weight excluding hydrogens is 239 g/mol. The molecule has 0 N–H and O–H groups in total. The summed E-state index contributed by atoms with van der Waals surface area (Å²) in [5, 5.41) is 0. The van der Waals surface area contributed by atoms with Gasteiger partial charge in [0.15, 0.2) is 0 Å². The van der Waals surface area contributed by atoms with Crippen molar-refractivity contribution in [2.75, 3.05) is 0 Å². The zero-order chi connectivity index (χ0) is 3.54. The summed E-state index contributed by atoms with van der Waals surface area (Å²) in [6.07, 6.45) is 10.0. The third-order valence-corrected chi connectivity index (χ3v) is 0.586. The average molecular weight is 261 g/mol. The van der Waals surface area contributed by atoms with E-state index >= 15 is 0 Å². The van der Waals surface area contributed by atoms with E-state index in [1.807, 2.05) is 12.2 Å². The molecule has 1 rings (SSSR count). The Balaban J connectivity index is -0.00000000521. The van der Waals surface area contributed by atoms with E-state index in [1.54, 1.807) is 0 Å². The maximum Gasteiger partial charge on any atom is 0 e. The Bertz CT molecular complexity index is 71.0. The van der Waals surface area contributed by atoms with E-state index in [-0.39, 0.29) is 83.7 Å². The summed E-state index contributed by atoms with van der Waals surface area (Å²) < 4.78 is 0. The molecular formula is C10H22Cl2Ti-6. The molecule has 0 nitrogen and oxygen atoms in total. The van der Waals surface area contributed by atoms with E-state index in [0.717, 1.165) is 6.42 Å². The van der Waals surface area contributed by atoms with E-state index in [9.17, 15) is 0 Å². The molecule has 0 heterocycles. The molecule has 1 aliphatic rings. The molecule has 3 heteroatoms. The molecule has 0 bridgehead atoms. The van der Waals surface area contributed by atoms with Gasteiger partial charge in [-0.05, 0) is 0 Å². The van der Waals surface area contributed by atoms with Crippen molar-refractivity contribution in [3.63, 3.8) is 0 Å². The number of hydrogen-bond donors (Lipinski definition) is 0. The van der Waals surface area contributed by atoms with Crippen molar-refractivity contribution in [3.8, 4) is 0 Å². The van der Waals surface area contributed by atoms with Gasteiger partial charge >= 0.3 is 0 Å². The fourth-order valence-corrected chi connectivity index (χ4v) is 0.340. The first-order chi connectivity index (χ1) is 2.50. The summed E-state index contributed by atoms with van der Waals surface area (Å²) in [6, 6.07) is 0. The van der Waals surface area contributed by atoms with Crippen LogP contribution < -0.4 is 0 Å². The Labute approximate surface area is 114 Å². The molecule has 0 saturated carbocycles. The standard InChI is InChI=1S/C5H5.5CH3.2ClH.Ti/c1-2-4-5-3-1;;;;;;;;/h1-3H,4H2;5*1H3;2*1H;/q6*-1;;;. The van der Waals surface area contributed by atoms with E-state index < -0.39 is 0 Å². The molecule has 0 aromatic rings. The number of hydrogen-bond acceptors (Lipinski definition) is 0. The van der Waals surface area contributed by atoms with E-state index in [4.69, 9.17) is 0 Å². The molecule has 0 unspecified atom stereocenters. The van der Waals surface area contributed by atoms with E-state index in [1.165, 1.54) is 0 Å². The van der Waals surface area contributed by atoms with Gasteiger partial charge in [0.1, 0.15) is 0 Å². The minimum Gasteiger partial charge on any atom is -0.358 e. The summed E-state index contributed by atoms with van der Waals surface area (Å²) in [7, 11) is 0. The molecule has 1 aliphatic carbocycles. The van der Waals surface area contributed by atoms with Gasteiger partial charge in [-0.2, -0.15) is 6.08 Å². The van der Waals surface area contributed by atoms with Gasteiger partial charge in [-0.1, -0.05) is 0 Å². The van der Waals surface area contributed by atoms with Crippen LogP contribution in [0.5, 0.6) is 0 Å². The molecule has 0 aliphatic heterocycles. The molecule has 0 atom stereocenters. The van der Waals surface area contributed by atoms with Crippen LogP contribution in [0.2, 0.25) is 0 Å². The second-order valence-electron chi connectivity index (χ2n) is 1.00. The first-order valence-electron chi connectivity index (χ1n) is 1.72. The average Bonchev–Trinajstić information content (AvgIpc) is 1.76. The van der Waals surface area contributed by atoms with Crippen LogP contribution in [0.15, 0.2) is 18.2 Å². The Morgan fingerprint density at radius 3 is 1.31 bits per heavy atom. The van der Waals surface area contributed by atoms with Crippen LogP contribution in [-0.4, -0.2) is 0 Å². The molecule has 86 valence electrons. The Morgan fingerprint density at radius 2 is 1.23 bits per heavy atom. The predicted molar refractivity (Wildman–Crippen MR) is 68.1 cm³/mol. The summed E-state index contributed by atoms with van der Waals surface area (Å²) >= 11 is 0. The van der Waals surface area contributed by atoms with Crippen LogP contribution in [0.4, 0.5) is 0 Å². The molecule has 0 saturated heterocycles. The second-order valence-corrected chi connectivity index (χ2v) is 1.00. The smallest absolute Gasteiger partial charge is 0 e. The van der Waals surface area contributed by atoms with Crippen LogP contribution in [0.3, 0.4) is 0 Å². The molecule has 0 amide bonds. The second kappa shape index (κ2) is 53.1. The van der Waals surface area contributed by atoms with Gasteiger partial charge in [0.05, 0.1) is 0 Å². The Kier molecular flexibility index (Phi) is 275. The third kappa shape index (κ3) is 44.5. The first-order valence-corrected chi connectivity index (χ1v) is 1.72. The van der Waals surface area contributed by atoms with Crippen molar-refractivity contribution in [1.29, 1.82) is 0 Å². The van der Waals surface area contributed by atoms with Crippen LogP contribution in [0.1, 0.15) is 6.42 Å². The van der Waals surface area contributed by atoms with Crippen molar-refractivity contribution in [2.24, 2.45) is 0 Å². The van der Waals surface area contributed by atoms with Crippen LogP contribution in [0.25, 0.3) is 0 Å². The normalized spacial score (nSPS) is 6.77. The molecule has 0 aromatic carbocycles. The number of rotatable bonds is 0. The van der Waals surface area contributed by atoms with Crippen molar-refractivity contribution < 1.29 is 21.7 Å². The zero-order valence-corrected chi connectivity index (χ0v) is 12.5. The van der Waals surface area contributed by atoms with Crippen molar-refractivity contribution >= 4 is 24.8 Å². The van der Waals surface area contributed by atoms with Gasteiger partial charge < -0.3 is 37.1 Å². The summed E-state index contributed by atoms with van der Waals surface area (Å²) in [5.41, 5.74) is 0. The molecule has 13 heavy (non-hydrogen) atoms. The fourth-order valence-electron chi connectivity index (χ4n) is 0.340.